The lowest BCUT2D eigenvalue weighted by molar-refractivity contribution is -0.132. The Balaban J connectivity index is 1.36. The molecule has 4 rings (SSSR count). The van der Waals surface area contributed by atoms with Gasteiger partial charge in [0.2, 0.25) is 5.91 Å². The maximum absolute atomic E-state index is 13.4. The van der Waals surface area contributed by atoms with Gasteiger partial charge in [0.25, 0.3) is 5.91 Å². The fraction of sp³-hybridized carbons (Fsp3) is 0.318. The number of hydrogen-bond donors (Lipinski definition) is 0. The van der Waals surface area contributed by atoms with Crippen LogP contribution in [0.2, 0.25) is 0 Å². The summed E-state index contributed by atoms with van der Waals surface area (Å²) in [7, 11) is 1.70. The Bertz CT molecular complexity index is 1210. The van der Waals surface area contributed by atoms with Crippen molar-refractivity contribution in [2.45, 2.75) is 13.0 Å². The molecule has 2 heterocycles. The molecule has 1 saturated heterocycles. The van der Waals surface area contributed by atoms with Crippen LogP contribution in [0.15, 0.2) is 47.3 Å². The predicted molar refractivity (Wildman–Crippen MR) is 111 cm³/mol. The van der Waals surface area contributed by atoms with Crippen molar-refractivity contribution in [1.82, 2.24) is 18.9 Å². The minimum absolute atomic E-state index is 0.0778. The lowest BCUT2D eigenvalue weighted by Crippen LogP contribution is -2.50. The van der Waals surface area contributed by atoms with E-state index in [1.165, 1.54) is 11.0 Å². The van der Waals surface area contributed by atoms with Gasteiger partial charge in [-0.3, -0.25) is 18.7 Å². The smallest absolute Gasteiger partial charge is 0.328 e. The molecule has 1 fully saturated rings. The normalized spacial score (nSPS) is 14.3. The fourth-order valence-corrected chi connectivity index (χ4v) is 3.92. The van der Waals surface area contributed by atoms with Crippen molar-refractivity contribution in [3.8, 4) is 0 Å². The lowest BCUT2D eigenvalue weighted by atomic mass is 10.1. The Morgan fingerprint density at radius 1 is 0.903 bits per heavy atom. The molecule has 0 aliphatic carbocycles. The molecule has 2 amide bonds. The molecule has 31 heavy (non-hydrogen) atoms. The average Bonchev–Trinajstić information content (AvgIpc) is 3.03. The fourth-order valence-electron chi connectivity index (χ4n) is 3.92. The van der Waals surface area contributed by atoms with E-state index in [0.29, 0.717) is 26.2 Å². The first-order valence-corrected chi connectivity index (χ1v) is 10.0. The highest BCUT2D eigenvalue weighted by Gasteiger charge is 2.25. The van der Waals surface area contributed by atoms with Crippen molar-refractivity contribution in [2.24, 2.45) is 7.05 Å². The van der Waals surface area contributed by atoms with E-state index >= 15 is 0 Å². The number of hydrogen-bond acceptors (Lipinski definition) is 3. The molecule has 0 radical (unpaired) electrons. The summed E-state index contributed by atoms with van der Waals surface area (Å²) in [5.74, 6) is -2.56. The van der Waals surface area contributed by atoms with Gasteiger partial charge in [-0.2, -0.15) is 0 Å². The first-order valence-electron chi connectivity index (χ1n) is 10.0. The van der Waals surface area contributed by atoms with E-state index in [-0.39, 0.29) is 30.1 Å². The number of imidazole rings is 1. The standard InChI is InChI=1S/C22H22F2N4O3/c1-25-18-4-2-3-5-19(18)28(22(25)31)9-8-20(29)26-10-12-27(13-11-26)21(30)15-6-7-16(23)17(24)14-15/h2-7,14H,8-13H2,1H3. The van der Waals surface area contributed by atoms with Crippen LogP contribution < -0.4 is 5.69 Å². The maximum Gasteiger partial charge on any atom is 0.328 e. The quantitative estimate of drug-likeness (QED) is 0.638. The monoisotopic (exact) mass is 428 g/mol. The molecule has 0 unspecified atom stereocenters. The number of aromatic nitrogens is 2. The average molecular weight is 428 g/mol. The molecule has 0 bridgehead atoms. The summed E-state index contributed by atoms with van der Waals surface area (Å²) < 4.78 is 29.6. The van der Waals surface area contributed by atoms with Gasteiger partial charge in [0.05, 0.1) is 11.0 Å². The van der Waals surface area contributed by atoms with Crippen molar-refractivity contribution < 1.29 is 18.4 Å². The molecular formula is C22H22F2N4O3. The zero-order valence-electron chi connectivity index (χ0n) is 17.1. The van der Waals surface area contributed by atoms with Crippen LogP contribution in [0.3, 0.4) is 0 Å². The largest absolute Gasteiger partial charge is 0.339 e. The van der Waals surface area contributed by atoms with Crippen molar-refractivity contribution in [3.05, 3.63) is 70.1 Å². The Labute approximate surface area is 177 Å². The second-order valence-corrected chi connectivity index (χ2v) is 7.53. The molecule has 1 aliphatic heterocycles. The third-order valence-electron chi connectivity index (χ3n) is 5.69. The summed E-state index contributed by atoms with van der Waals surface area (Å²) >= 11 is 0. The number of carbonyl (C=O) groups is 2. The van der Waals surface area contributed by atoms with Crippen LogP contribution in [-0.2, 0) is 18.4 Å². The van der Waals surface area contributed by atoms with Crippen LogP contribution >= 0.6 is 0 Å². The Kier molecular flexibility index (Phi) is 5.58. The number of piperazine rings is 1. The highest BCUT2D eigenvalue weighted by molar-refractivity contribution is 5.94. The second kappa shape index (κ2) is 8.33. The van der Waals surface area contributed by atoms with Crippen molar-refractivity contribution in [3.63, 3.8) is 0 Å². The number of carbonyl (C=O) groups excluding carboxylic acids is 2. The van der Waals surface area contributed by atoms with Crippen molar-refractivity contribution in [2.75, 3.05) is 26.2 Å². The van der Waals surface area contributed by atoms with Gasteiger partial charge in [0.15, 0.2) is 11.6 Å². The summed E-state index contributed by atoms with van der Waals surface area (Å²) in [6.07, 6.45) is 0.172. The van der Waals surface area contributed by atoms with Crippen LogP contribution in [0.1, 0.15) is 16.8 Å². The lowest BCUT2D eigenvalue weighted by Gasteiger charge is -2.35. The van der Waals surface area contributed by atoms with Crippen LogP contribution in [-0.4, -0.2) is 56.9 Å². The third-order valence-corrected chi connectivity index (χ3v) is 5.69. The summed E-state index contributed by atoms with van der Waals surface area (Å²) in [5.41, 5.74) is 1.50. The van der Waals surface area contributed by atoms with Crippen LogP contribution in [0, 0.1) is 11.6 Å². The first kappa shape index (κ1) is 20.8. The van der Waals surface area contributed by atoms with E-state index in [1.54, 1.807) is 21.1 Å². The Hall–Kier alpha value is -3.49. The summed E-state index contributed by atoms with van der Waals surface area (Å²) in [6.45, 7) is 1.57. The molecule has 1 aromatic heterocycles. The van der Waals surface area contributed by atoms with Crippen LogP contribution in [0.4, 0.5) is 8.78 Å². The molecule has 3 aromatic rings. The molecule has 0 N–H and O–H groups in total. The molecule has 0 spiro atoms. The first-order chi connectivity index (χ1) is 14.9. The number of benzene rings is 2. The zero-order chi connectivity index (χ0) is 22.1. The third kappa shape index (κ3) is 3.95. The summed E-state index contributed by atoms with van der Waals surface area (Å²) in [6, 6.07) is 10.5. The number of rotatable bonds is 4. The molecule has 1 aliphatic rings. The van der Waals surface area contributed by atoms with Gasteiger partial charge < -0.3 is 9.80 Å². The van der Waals surface area contributed by atoms with E-state index in [2.05, 4.69) is 0 Å². The predicted octanol–water partition coefficient (Wildman–Crippen LogP) is 1.99. The molecule has 162 valence electrons. The molecule has 7 nitrogen and oxygen atoms in total. The van der Waals surface area contributed by atoms with Gasteiger partial charge in [0.1, 0.15) is 0 Å². The summed E-state index contributed by atoms with van der Waals surface area (Å²) in [4.78, 5) is 40.8. The Morgan fingerprint density at radius 2 is 1.55 bits per heavy atom. The highest BCUT2D eigenvalue weighted by atomic mass is 19.2. The molecule has 0 atom stereocenters. The zero-order valence-corrected chi connectivity index (χ0v) is 17.1. The number of aryl methyl sites for hydroxylation is 2. The van der Waals surface area contributed by atoms with Crippen molar-refractivity contribution >= 4 is 22.8 Å². The minimum atomic E-state index is -1.07. The second-order valence-electron chi connectivity index (χ2n) is 7.53. The van der Waals surface area contributed by atoms with Gasteiger partial charge in [0, 0.05) is 51.8 Å². The molecule has 2 aromatic carbocycles. The minimum Gasteiger partial charge on any atom is -0.339 e. The van der Waals surface area contributed by atoms with E-state index in [0.717, 1.165) is 23.2 Å². The molecule has 0 saturated carbocycles. The number of para-hydroxylation sites is 2. The van der Waals surface area contributed by atoms with E-state index < -0.39 is 17.5 Å². The van der Waals surface area contributed by atoms with E-state index in [4.69, 9.17) is 0 Å². The number of nitrogens with zero attached hydrogens (tertiary/aromatic N) is 4. The van der Waals surface area contributed by atoms with Crippen molar-refractivity contribution in [1.29, 1.82) is 0 Å². The van der Waals surface area contributed by atoms with Gasteiger partial charge in [-0.15, -0.1) is 0 Å². The van der Waals surface area contributed by atoms with Gasteiger partial charge >= 0.3 is 5.69 Å². The number of fused-ring (bicyclic) bond motifs is 1. The van der Waals surface area contributed by atoms with Gasteiger partial charge in [-0.25, -0.2) is 13.6 Å². The van der Waals surface area contributed by atoms with E-state index in [1.807, 2.05) is 24.3 Å². The maximum atomic E-state index is 13.4. The summed E-state index contributed by atoms with van der Waals surface area (Å²) in [5, 5.41) is 0. The Morgan fingerprint density at radius 3 is 2.23 bits per heavy atom. The van der Waals surface area contributed by atoms with Gasteiger partial charge in [-0.1, -0.05) is 12.1 Å². The SMILES string of the molecule is Cn1c(=O)n(CCC(=O)N2CCN(C(=O)c3ccc(F)c(F)c3)CC2)c2ccccc21. The number of halogens is 2. The topological polar surface area (TPSA) is 67.6 Å². The van der Waals surface area contributed by atoms with Crippen LogP contribution in [0.5, 0.6) is 0 Å². The molecular weight excluding hydrogens is 406 g/mol. The van der Waals surface area contributed by atoms with Crippen LogP contribution in [0.25, 0.3) is 11.0 Å². The molecule has 9 heteroatoms. The number of amides is 2. The van der Waals surface area contributed by atoms with Gasteiger partial charge in [-0.05, 0) is 30.3 Å². The highest BCUT2D eigenvalue weighted by Crippen LogP contribution is 2.15. The van der Waals surface area contributed by atoms with E-state index in [9.17, 15) is 23.2 Å².